The average Bonchev–Trinajstić information content (AvgIpc) is 3.12. The number of rotatable bonds is 4. The molecular weight excluding hydrogens is 322 g/mol. The van der Waals surface area contributed by atoms with Crippen molar-refractivity contribution in [1.29, 1.82) is 0 Å². The van der Waals surface area contributed by atoms with E-state index in [1.165, 1.54) is 0 Å². The van der Waals surface area contributed by atoms with Gasteiger partial charge in [-0.3, -0.25) is 4.79 Å². The average molecular weight is 345 g/mol. The maximum Gasteiger partial charge on any atom is 0.254 e. The molecule has 1 saturated heterocycles. The molecular formula is C17H23N5O3. The largest absolute Gasteiger partial charge is 0.422 e. The number of nitrogens with zero attached hydrogens (tertiary/aromatic N) is 5. The van der Waals surface area contributed by atoms with Crippen molar-refractivity contribution < 1.29 is 13.9 Å². The van der Waals surface area contributed by atoms with E-state index < -0.39 is 6.10 Å². The van der Waals surface area contributed by atoms with Gasteiger partial charge in [0.15, 0.2) is 6.10 Å². The summed E-state index contributed by atoms with van der Waals surface area (Å²) >= 11 is 0. The van der Waals surface area contributed by atoms with Gasteiger partial charge in [0.2, 0.25) is 11.8 Å². The summed E-state index contributed by atoms with van der Waals surface area (Å²) in [5.74, 6) is 1.84. The first kappa shape index (κ1) is 17.3. The lowest BCUT2D eigenvalue weighted by Gasteiger charge is -2.31. The minimum absolute atomic E-state index is 0.0533. The van der Waals surface area contributed by atoms with Crippen LogP contribution in [0.4, 0.5) is 5.82 Å². The zero-order chi connectivity index (χ0) is 18.0. The molecule has 0 aromatic carbocycles. The second-order valence-corrected chi connectivity index (χ2v) is 6.54. The Morgan fingerprint density at radius 1 is 1.36 bits per heavy atom. The van der Waals surface area contributed by atoms with Crippen molar-refractivity contribution in [2.24, 2.45) is 0 Å². The van der Waals surface area contributed by atoms with E-state index in [2.05, 4.69) is 15.2 Å². The number of pyridine rings is 1. The number of morpholine rings is 1. The smallest absolute Gasteiger partial charge is 0.254 e. The first-order valence-corrected chi connectivity index (χ1v) is 8.33. The third-order valence-corrected chi connectivity index (χ3v) is 4.03. The molecule has 0 saturated carbocycles. The van der Waals surface area contributed by atoms with Crippen LogP contribution >= 0.6 is 0 Å². The van der Waals surface area contributed by atoms with Crippen molar-refractivity contribution in [2.45, 2.75) is 25.9 Å². The highest BCUT2D eigenvalue weighted by molar-refractivity contribution is 5.95. The van der Waals surface area contributed by atoms with Gasteiger partial charge in [-0.2, -0.15) is 0 Å². The molecule has 0 bridgehead atoms. The van der Waals surface area contributed by atoms with E-state index in [9.17, 15) is 4.79 Å². The Hall–Kier alpha value is -2.48. The number of anilines is 1. The van der Waals surface area contributed by atoms with Crippen LogP contribution in [0.15, 0.2) is 22.7 Å². The number of carbonyl (C=O) groups excluding carboxylic acids is 1. The monoisotopic (exact) mass is 345 g/mol. The van der Waals surface area contributed by atoms with Gasteiger partial charge in [-0.15, -0.1) is 10.2 Å². The molecule has 0 N–H and O–H groups in total. The number of ether oxygens (including phenoxy) is 1. The minimum Gasteiger partial charge on any atom is -0.422 e. The highest BCUT2D eigenvalue weighted by Gasteiger charge is 2.30. The third-order valence-electron chi connectivity index (χ3n) is 4.03. The van der Waals surface area contributed by atoms with Crippen LogP contribution in [0, 0.1) is 0 Å². The Balaban J connectivity index is 1.74. The summed E-state index contributed by atoms with van der Waals surface area (Å²) < 4.78 is 11.4. The van der Waals surface area contributed by atoms with E-state index in [1.54, 1.807) is 23.2 Å². The molecule has 3 rings (SSSR count). The molecule has 3 heterocycles. The maximum atomic E-state index is 12.8. The molecule has 0 spiro atoms. The molecule has 1 fully saturated rings. The fourth-order valence-electron chi connectivity index (χ4n) is 2.57. The number of hydrogen-bond donors (Lipinski definition) is 0. The van der Waals surface area contributed by atoms with Gasteiger partial charge in [-0.1, -0.05) is 13.8 Å². The summed E-state index contributed by atoms with van der Waals surface area (Å²) in [6, 6.07) is 3.51. The lowest BCUT2D eigenvalue weighted by atomic mass is 10.2. The zero-order valence-corrected chi connectivity index (χ0v) is 15.0. The first-order valence-electron chi connectivity index (χ1n) is 8.33. The van der Waals surface area contributed by atoms with Crippen LogP contribution in [-0.2, 0) is 4.74 Å². The van der Waals surface area contributed by atoms with E-state index in [0.29, 0.717) is 37.0 Å². The van der Waals surface area contributed by atoms with Gasteiger partial charge in [-0.25, -0.2) is 4.98 Å². The molecule has 134 valence electrons. The molecule has 8 nitrogen and oxygen atoms in total. The predicted octanol–water partition coefficient (Wildman–Crippen LogP) is 1.87. The van der Waals surface area contributed by atoms with E-state index in [1.807, 2.05) is 32.8 Å². The van der Waals surface area contributed by atoms with Gasteiger partial charge in [-0.05, 0) is 12.1 Å². The molecule has 8 heteroatoms. The van der Waals surface area contributed by atoms with Gasteiger partial charge in [0.05, 0.1) is 13.2 Å². The van der Waals surface area contributed by atoms with Crippen LogP contribution in [-0.4, -0.2) is 59.8 Å². The second-order valence-electron chi connectivity index (χ2n) is 6.54. The van der Waals surface area contributed by atoms with Crippen LogP contribution < -0.4 is 4.90 Å². The number of carbonyl (C=O) groups is 1. The van der Waals surface area contributed by atoms with Crippen molar-refractivity contribution >= 4 is 11.7 Å². The summed E-state index contributed by atoms with van der Waals surface area (Å²) in [6.07, 6.45) is 1.25. The molecule has 1 amide bonds. The fourth-order valence-corrected chi connectivity index (χ4v) is 2.57. The second kappa shape index (κ2) is 7.18. The molecule has 1 aliphatic heterocycles. The minimum atomic E-state index is -0.396. The van der Waals surface area contributed by atoms with Crippen molar-refractivity contribution in [2.75, 3.05) is 38.7 Å². The molecule has 2 aromatic rings. The van der Waals surface area contributed by atoms with Gasteiger partial charge in [0.25, 0.3) is 5.91 Å². The summed E-state index contributed by atoms with van der Waals surface area (Å²) in [5, 5.41) is 8.10. The van der Waals surface area contributed by atoms with Gasteiger partial charge < -0.3 is 19.0 Å². The van der Waals surface area contributed by atoms with Crippen LogP contribution in [0.2, 0.25) is 0 Å². The Morgan fingerprint density at radius 2 is 2.16 bits per heavy atom. The Labute approximate surface area is 146 Å². The highest BCUT2D eigenvalue weighted by Crippen LogP contribution is 2.24. The Bertz CT molecular complexity index is 743. The van der Waals surface area contributed by atoms with Gasteiger partial charge in [0, 0.05) is 38.3 Å². The van der Waals surface area contributed by atoms with E-state index >= 15 is 0 Å². The van der Waals surface area contributed by atoms with Crippen LogP contribution in [0.25, 0.3) is 0 Å². The lowest BCUT2D eigenvalue weighted by molar-refractivity contribution is -0.0351. The summed E-state index contributed by atoms with van der Waals surface area (Å²) in [5.41, 5.74) is 0.604. The topological polar surface area (TPSA) is 84.6 Å². The molecule has 0 aliphatic carbocycles. The molecule has 1 unspecified atom stereocenters. The van der Waals surface area contributed by atoms with Crippen molar-refractivity contribution in [3.63, 3.8) is 0 Å². The first-order chi connectivity index (χ1) is 12.0. The van der Waals surface area contributed by atoms with Crippen LogP contribution in [0.3, 0.4) is 0 Å². The van der Waals surface area contributed by atoms with E-state index in [0.717, 1.165) is 5.82 Å². The number of amides is 1. The summed E-state index contributed by atoms with van der Waals surface area (Å²) in [7, 11) is 3.78. The van der Waals surface area contributed by atoms with E-state index in [-0.39, 0.29) is 11.8 Å². The molecule has 1 aliphatic rings. The molecule has 1 atom stereocenters. The highest BCUT2D eigenvalue weighted by atomic mass is 16.5. The fraction of sp³-hybridized carbons (Fsp3) is 0.529. The lowest BCUT2D eigenvalue weighted by Crippen LogP contribution is -2.42. The van der Waals surface area contributed by atoms with Crippen LogP contribution in [0.1, 0.15) is 48.0 Å². The van der Waals surface area contributed by atoms with Gasteiger partial charge in [0.1, 0.15) is 5.82 Å². The quantitative estimate of drug-likeness (QED) is 0.836. The number of hydrogen-bond acceptors (Lipinski definition) is 7. The predicted molar refractivity (Wildman–Crippen MR) is 91.5 cm³/mol. The van der Waals surface area contributed by atoms with Gasteiger partial charge >= 0.3 is 0 Å². The number of aromatic nitrogens is 3. The Kier molecular flexibility index (Phi) is 4.98. The maximum absolute atomic E-state index is 12.8. The third kappa shape index (κ3) is 3.79. The van der Waals surface area contributed by atoms with Crippen molar-refractivity contribution in [3.8, 4) is 0 Å². The summed E-state index contributed by atoms with van der Waals surface area (Å²) in [6.45, 7) is 5.32. The molecule has 25 heavy (non-hydrogen) atoms. The van der Waals surface area contributed by atoms with Crippen LogP contribution in [0.5, 0.6) is 0 Å². The van der Waals surface area contributed by atoms with Crippen molar-refractivity contribution in [3.05, 3.63) is 35.7 Å². The molecule has 2 aromatic heterocycles. The normalized spacial score (nSPS) is 17.8. The Morgan fingerprint density at radius 3 is 2.84 bits per heavy atom. The van der Waals surface area contributed by atoms with E-state index in [4.69, 9.17) is 9.15 Å². The van der Waals surface area contributed by atoms with Crippen molar-refractivity contribution in [1.82, 2.24) is 20.1 Å². The zero-order valence-electron chi connectivity index (χ0n) is 15.0. The standard InChI is InChI=1S/C17H23N5O3/c1-11(2)15-19-20-16(25-15)13-10-22(7-8-24-13)17(23)12-5-6-18-14(9-12)21(3)4/h5-6,9,11,13H,7-8,10H2,1-4H3. The molecule has 0 radical (unpaired) electrons. The SMILES string of the molecule is CC(C)c1nnc(C2CN(C(=O)c3ccnc(N(C)C)c3)CCO2)o1. The summed E-state index contributed by atoms with van der Waals surface area (Å²) in [4.78, 5) is 20.7.